The van der Waals surface area contributed by atoms with E-state index >= 15 is 0 Å². The van der Waals surface area contributed by atoms with Gasteiger partial charge in [-0.1, -0.05) is 0 Å². The minimum Gasteiger partial charge on any atom is -0.748 e. The van der Waals surface area contributed by atoms with Gasteiger partial charge in [0.2, 0.25) is 0 Å². The molecule has 12 heavy (non-hydrogen) atoms. The third-order valence-corrected chi connectivity index (χ3v) is 1.73. The quantitative estimate of drug-likeness (QED) is 0.355. The molecule has 0 amide bonds. The molecule has 0 aromatic rings. The van der Waals surface area contributed by atoms with E-state index in [-0.39, 0.29) is 18.9 Å². The molecule has 0 aliphatic heterocycles. The van der Waals surface area contributed by atoms with Crippen molar-refractivity contribution in [3.8, 4) is 0 Å². The number of hydrogen-bond donors (Lipinski definition) is 0. The van der Waals surface area contributed by atoms with E-state index in [9.17, 15) is 25.9 Å². The van der Waals surface area contributed by atoms with E-state index in [1.165, 1.54) is 13.8 Å². The van der Waals surface area contributed by atoms with Crippen LogP contribution in [0.3, 0.4) is 0 Å². The summed E-state index contributed by atoms with van der Waals surface area (Å²) in [7, 11) is -7.66. The summed E-state index contributed by atoms with van der Waals surface area (Å²) < 4.78 is 58.3. The van der Waals surface area contributed by atoms with Crippen LogP contribution < -0.4 is 18.9 Å². The van der Waals surface area contributed by atoms with Crippen molar-refractivity contribution in [1.82, 2.24) is 0 Å². The van der Waals surface area contributed by atoms with Crippen LogP contribution in [0, 0.1) is 0 Å². The van der Waals surface area contributed by atoms with E-state index in [0.717, 1.165) is 0 Å². The molecule has 0 aliphatic carbocycles. The van der Waals surface area contributed by atoms with Crippen LogP contribution in [0.25, 0.3) is 0 Å². The molecule has 0 saturated heterocycles. The molecule has 0 aliphatic rings. The van der Waals surface area contributed by atoms with Gasteiger partial charge in [-0.15, -0.1) is 0 Å². The van der Waals surface area contributed by atoms with E-state index in [2.05, 4.69) is 0 Å². The second-order valence-electron chi connectivity index (χ2n) is 1.79. The monoisotopic (exact) mass is 198 g/mol. The predicted molar refractivity (Wildman–Crippen MR) is 33.9 cm³/mol. The standard InChI is InChI=1S/C3H8O3S.BF3.Li/c1-3(2)7(4,5)6;2-1(3)4;/h3H,1-2H3,(H,4,5,6);;/q;;+1/p-1. The van der Waals surface area contributed by atoms with Crippen molar-refractivity contribution in [2.45, 2.75) is 19.1 Å². The molecule has 0 aromatic carbocycles. The molecule has 0 saturated carbocycles. The van der Waals surface area contributed by atoms with Crippen molar-refractivity contribution in [3.63, 3.8) is 0 Å². The van der Waals surface area contributed by atoms with Crippen molar-refractivity contribution in [2.24, 2.45) is 0 Å². The average molecular weight is 198 g/mol. The minimum atomic E-state index is -3.99. The first-order valence-electron chi connectivity index (χ1n) is 2.55. The number of halogens is 3. The van der Waals surface area contributed by atoms with E-state index in [4.69, 9.17) is 0 Å². The zero-order chi connectivity index (χ0) is 9.65. The largest absolute Gasteiger partial charge is 1.00 e. The van der Waals surface area contributed by atoms with Gasteiger partial charge in [0.15, 0.2) is 0 Å². The molecule has 68 valence electrons. The van der Waals surface area contributed by atoms with Crippen molar-refractivity contribution >= 4 is 17.7 Å². The van der Waals surface area contributed by atoms with Crippen LogP contribution >= 0.6 is 0 Å². The molecule has 0 rings (SSSR count). The zero-order valence-electron chi connectivity index (χ0n) is 6.92. The molecule has 0 heterocycles. The van der Waals surface area contributed by atoms with Gasteiger partial charge in [-0.25, -0.2) is 8.42 Å². The molecular weight excluding hydrogens is 191 g/mol. The van der Waals surface area contributed by atoms with Gasteiger partial charge >= 0.3 is 26.4 Å². The van der Waals surface area contributed by atoms with Gasteiger partial charge in [0, 0.05) is 5.25 Å². The Morgan fingerprint density at radius 3 is 1.33 bits per heavy atom. The van der Waals surface area contributed by atoms with Gasteiger partial charge < -0.3 is 4.55 Å². The second kappa shape index (κ2) is 7.98. The van der Waals surface area contributed by atoms with Crippen LogP contribution in [-0.4, -0.2) is 25.8 Å². The summed E-state index contributed by atoms with van der Waals surface area (Å²) >= 11 is 0. The minimum absolute atomic E-state index is 0. The average Bonchev–Trinajstić information content (AvgIpc) is 1.59. The summed E-state index contributed by atoms with van der Waals surface area (Å²) in [4.78, 5) is 0. The Balaban J connectivity index is -0.000000142. The van der Waals surface area contributed by atoms with Crippen LogP contribution in [0.1, 0.15) is 13.8 Å². The van der Waals surface area contributed by atoms with E-state index in [1.54, 1.807) is 0 Å². The Labute approximate surface area is 81.9 Å². The summed E-state index contributed by atoms with van der Waals surface area (Å²) in [5.74, 6) is 0. The molecule has 0 unspecified atom stereocenters. The summed E-state index contributed by atoms with van der Waals surface area (Å²) in [6.07, 6.45) is 0. The van der Waals surface area contributed by atoms with Gasteiger partial charge in [0.25, 0.3) is 0 Å². The van der Waals surface area contributed by atoms with E-state index < -0.39 is 22.9 Å². The Kier molecular flexibility index (Phi) is 12.1. The molecule has 3 nitrogen and oxygen atoms in total. The first-order chi connectivity index (χ1) is 4.68. The van der Waals surface area contributed by atoms with Gasteiger partial charge in [-0.3, -0.25) is 12.9 Å². The molecule has 0 spiro atoms. The summed E-state index contributed by atoms with van der Waals surface area (Å²) in [5, 5.41) is -0.785. The first kappa shape index (κ1) is 18.2. The van der Waals surface area contributed by atoms with Gasteiger partial charge in [0.1, 0.15) is 0 Å². The number of rotatable bonds is 1. The van der Waals surface area contributed by atoms with Crippen molar-refractivity contribution in [2.75, 3.05) is 0 Å². The van der Waals surface area contributed by atoms with Crippen LogP contribution in [0.4, 0.5) is 12.9 Å². The van der Waals surface area contributed by atoms with E-state index in [0.29, 0.717) is 0 Å². The first-order valence-corrected chi connectivity index (χ1v) is 4.02. The van der Waals surface area contributed by atoms with Gasteiger partial charge in [-0.05, 0) is 13.8 Å². The summed E-state index contributed by atoms with van der Waals surface area (Å²) in [6, 6.07) is 0. The molecule has 0 N–H and O–H groups in total. The fourth-order valence-corrected chi connectivity index (χ4v) is 0. The molecule has 9 heteroatoms. The third kappa shape index (κ3) is 22.4. The van der Waals surface area contributed by atoms with Crippen molar-refractivity contribution in [3.05, 3.63) is 0 Å². The normalized spacial score (nSPS) is 9.58. The third-order valence-electron chi connectivity index (χ3n) is 0.577. The zero-order valence-corrected chi connectivity index (χ0v) is 7.74. The Morgan fingerprint density at radius 2 is 1.33 bits per heavy atom. The Morgan fingerprint density at radius 1 is 1.25 bits per heavy atom. The maximum atomic E-state index is 9.78. The molecule has 0 radical (unpaired) electrons. The maximum absolute atomic E-state index is 9.78. The van der Waals surface area contributed by atoms with Gasteiger partial charge in [0.05, 0.1) is 10.1 Å². The SMILES string of the molecule is CC(C)S(=O)(=O)[O-].FB(F)F.[Li+]. The van der Waals surface area contributed by atoms with Crippen LogP contribution in [0.2, 0.25) is 0 Å². The van der Waals surface area contributed by atoms with E-state index in [1.807, 2.05) is 0 Å². The second-order valence-corrected chi connectivity index (χ2v) is 3.72. The molecule has 0 bridgehead atoms. The predicted octanol–water partition coefficient (Wildman–Crippen LogP) is -2.18. The van der Waals surface area contributed by atoms with Crippen LogP contribution in [-0.2, 0) is 10.1 Å². The van der Waals surface area contributed by atoms with Gasteiger partial charge in [-0.2, -0.15) is 0 Å². The van der Waals surface area contributed by atoms with Crippen molar-refractivity contribution in [1.29, 1.82) is 0 Å². The van der Waals surface area contributed by atoms with Crippen molar-refractivity contribution < 1.29 is 44.8 Å². The van der Waals surface area contributed by atoms with Crippen LogP contribution in [0.15, 0.2) is 0 Å². The Bertz CT molecular complexity index is 180. The fraction of sp³-hybridized carbons (Fsp3) is 1.00. The summed E-state index contributed by atoms with van der Waals surface area (Å²) in [6.45, 7) is 2.70. The van der Waals surface area contributed by atoms with Crippen LogP contribution in [0.5, 0.6) is 0 Å². The summed E-state index contributed by atoms with van der Waals surface area (Å²) in [5.41, 5.74) is 0. The Hall–Kier alpha value is 0.362. The fourth-order valence-electron chi connectivity index (χ4n) is 0. The smallest absolute Gasteiger partial charge is 0.748 e. The number of hydrogen-bond acceptors (Lipinski definition) is 3. The molecule has 0 fully saturated rings. The topological polar surface area (TPSA) is 57.2 Å². The molecule has 0 atom stereocenters. The molecular formula is C3H7BF3LiO3S. The maximum Gasteiger partial charge on any atom is 1.00 e. The molecule has 0 aromatic heterocycles.